The molecule has 0 saturated heterocycles. The third-order valence-corrected chi connectivity index (χ3v) is 6.76. The zero-order chi connectivity index (χ0) is 26.5. The van der Waals surface area contributed by atoms with Gasteiger partial charge in [0.05, 0.1) is 32.9 Å². The SMILES string of the molecule is COC(=O)c1ccc(OCC2c3cc(OC)c(OC)cc3CCN2C(=S)Nc2cc(C)cc(C)c2)cc1. The van der Waals surface area contributed by atoms with Crippen molar-refractivity contribution in [1.29, 1.82) is 0 Å². The van der Waals surface area contributed by atoms with Crippen molar-refractivity contribution in [2.24, 2.45) is 0 Å². The smallest absolute Gasteiger partial charge is 0.337 e. The van der Waals surface area contributed by atoms with Crippen LogP contribution in [-0.2, 0) is 11.2 Å². The third kappa shape index (κ3) is 5.97. The second-order valence-electron chi connectivity index (χ2n) is 9.00. The summed E-state index contributed by atoms with van der Waals surface area (Å²) in [6.45, 7) is 5.20. The van der Waals surface area contributed by atoms with Crippen molar-refractivity contribution in [2.75, 3.05) is 39.8 Å². The average molecular weight is 521 g/mol. The van der Waals surface area contributed by atoms with Gasteiger partial charge >= 0.3 is 5.97 Å². The normalized spacial score (nSPS) is 14.4. The van der Waals surface area contributed by atoms with Gasteiger partial charge in [0.1, 0.15) is 12.4 Å². The molecule has 8 heteroatoms. The highest BCUT2D eigenvalue weighted by Gasteiger charge is 2.31. The summed E-state index contributed by atoms with van der Waals surface area (Å²) in [5.74, 6) is 1.61. The van der Waals surface area contributed by atoms with Gasteiger partial charge in [0.15, 0.2) is 16.6 Å². The summed E-state index contributed by atoms with van der Waals surface area (Å²) in [4.78, 5) is 13.9. The predicted octanol–water partition coefficient (Wildman–Crippen LogP) is 5.48. The van der Waals surface area contributed by atoms with E-state index < -0.39 is 0 Å². The van der Waals surface area contributed by atoms with Crippen LogP contribution in [-0.4, -0.2) is 50.5 Å². The summed E-state index contributed by atoms with van der Waals surface area (Å²) in [6, 6.07) is 17.1. The lowest BCUT2D eigenvalue weighted by atomic mass is 9.92. The molecule has 0 aromatic heterocycles. The molecule has 1 N–H and O–H groups in total. The minimum absolute atomic E-state index is 0.172. The van der Waals surface area contributed by atoms with E-state index in [1.807, 2.05) is 12.1 Å². The van der Waals surface area contributed by atoms with Crippen LogP contribution in [0, 0.1) is 13.8 Å². The Morgan fingerprint density at radius 2 is 1.62 bits per heavy atom. The Kier molecular flexibility index (Phi) is 8.18. The van der Waals surface area contributed by atoms with Crippen LogP contribution >= 0.6 is 12.2 Å². The maximum absolute atomic E-state index is 11.8. The number of carbonyl (C=O) groups is 1. The molecule has 0 aliphatic carbocycles. The Bertz CT molecular complexity index is 1270. The van der Waals surface area contributed by atoms with E-state index in [0.29, 0.717) is 41.1 Å². The molecule has 1 atom stereocenters. The highest BCUT2D eigenvalue weighted by molar-refractivity contribution is 7.80. The number of aryl methyl sites for hydroxylation is 2. The lowest BCUT2D eigenvalue weighted by Crippen LogP contribution is -2.44. The Hall–Kier alpha value is -3.78. The lowest BCUT2D eigenvalue weighted by molar-refractivity contribution is 0.0600. The zero-order valence-corrected chi connectivity index (χ0v) is 22.6. The maximum atomic E-state index is 11.8. The number of fused-ring (bicyclic) bond motifs is 1. The quantitative estimate of drug-likeness (QED) is 0.324. The van der Waals surface area contributed by atoms with Crippen LogP contribution < -0.4 is 19.5 Å². The summed E-state index contributed by atoms with van der Waals surface area (Å²) in [6.07, 6.45) is 0.800. The fraction of sp³-hybridized carbons (Fsp3) is 0.310. The second-order valence-corrected chi connectivity index (χ2v) is 9.39. The molecule has 0 fully saturated rings. The molecule has 7 nitrogen and oxygen atoms in total. The number of nitrogens with one attached hydrogen (secondary N) is 1. The van der Waals surface area contributed by atoms with Gasteiger partial charge < -0.3 is 29.2 Å². The third-order valence-electron chi connectivity index (χ3n) is 6.42. The van der Waals surface area contributed by atoms with Gasteiger partial charge in [0, 0.05) is 12.2 Å². The molecule has 0 radical (unpaired) electrons. The first-order chi connectivity index (χ1) is 17.8. The molecule has 1 unspecified atom stereocenters. The molecule has 3 aromatic carbocycles. The summed E-state index contributed by atoms with van der Waals surface area (Å²) in [5, 5.41) is 4.05. The average Bonchev–Trinajstić information content (AvgIpc) is 2.89. The Balaban J connectivity index is 1.63. The highest BCUT2D eigenvalue weighted by Crippen LogP contribution is 2.38. The van der Waals surface area contributed by atoms with Gasteiger partial charge in [0.25, 0.3) is 0 Å². The van der Waals surface area contributed by atoms with Gasteiger partial charge in [-0.05, 0) is 103 Å². The molecule has 0 spiro atoms. The number of rotatable bonds is 7. The largest absolute Gasteiger partial charge is 0.493 e. The summed E-state index contributed by atoms with van der Waals surface area (Å²) in [5.41, 5.74) is 5.99. The van der Waals surface area contributed by atoms with E-state index in [4.69, 9.17) is 31.2 Å². The van der Waals surface area contributed by atoms with Gasteiger partial charge in [-0.2, -0.15) is 0 Å². The number of benzene rings is 3. The first kappa shape index (κ1) is 26.3. The van der Waals surface area contributed by atoms with Crippen LogP contribution in [0.25, 0.3) is 0 Å². The number of thiocarbonyl (C=S) groups is 1. The fourth-order valence-corrected chi connectivity index (χ4v) is 5.01. The van der Waals surface area contributed by atoms with Crippen molar-refractivity contribution in [1.82, 2.24) is 4.90 Å². The molecule has 3 aromatic rings. The zero-order valence-electron chi connectivity index (χ0n) is 21.8. The van der Waals surface area contributed by atoms with Crippen molar-refractivity contribution in [3.05, 3.63) is 82.4 Å². The molecule has 194 valence electrons. The number of anilines is 1. The Labute approximate surface area is 223 Å². The van der Waals surface area contributed by atoms with Crippen molar-refractivity contribution >= 4 is 29.0 Å². The van der Waals surface area contributed by atoms with Crippen LogP contribution in [0.1, 0.15) is 38.7 Å². The van der Waals surface area contributed by atoms with Crippen molar-refractivity contribution in [3.63, 3.8) is 0 Å². The van der Waals surface area contributed by atoms with E-state index in [9.17, 15) is 4.79 Å². The van der Waals surface area contributed by atoms with Crippen LogP contribution in [0.2, 0.25) is 0 Å². The summed E-state index contributed by atoms with van der Waals surface area (Å²) in [7, 11) is 4.63. The van der Waals surface area contributed by atoms with Crippen LogP contribution in [0.5, 0.6) is 17.2 Å². The number of hydrogen-bond donors (Lipinski definition) is 1. The van der Waals surface area contributed by atoms with Crippen molar-refractivity contribution in [3.8, 4) is 17.2 Å². The van der Waals surface area contributed by atoms with Crippen LogP contribution in [0.4, 0.5) is 5.69 Å². The summed E-state index contributed by atoms with van der Waals surface area (Å²) >= 11 is 5.90. The topological polar surface area (TPSA) is 69.3 Å². The minimum atomic E-state index is -0.386. The van der Waals surface area contributed by atoms with Crippen LogP contribution in [0.15, 0.2) is 54.6 Å². The van der Waals surface area contributed by atoms with E-state index in [-0.39, 0.29) is 12.0 Å². The molecule has 0 saturated carbocycles. The summed E-state index contributed by atoms with van der Waals surface area (Å²) < 4.78 is 22.1. The maximum Gasteiger partial charge on any atom is 0.337 e. The van der Waals surface area contributed by atoms with Crippen molar-refractivity contribution in [2.45, 2.75) is 26.3 Å². The number of methoxy groups -OCH3 is 3. The van der Waals surface area contributed by atoms with E-state index in [1.54, 1.807) is 38.5 Å². The molecule has 0 amide bonds. The monoisotopic (exact) mass is 520 g/mol. The van der Waals surface area contributed by atoms with E-state index in [1.165, 1.54) is 18.2 Å². The Morgan fingerprint density at radius 1 is 0.973 bits per heavy atom. The van der Waals surface area contributed by atoms with E-state index >= 15 is 0 Å². The van der Waals surface area contributed by atoms with Gasteiger partial charge in [-0.15, -0.1) is 0 Å². The minimum Gasteiger partial charge on any atom is -0.493 e. The number of esters is 1. The van der Waals surface area contributed by atoms with Gasteiger partial charge in [0.2, 0.25) is 0 Å². The first-order valence-electron chi connectivity index (χ1n) is 12.0. The molecule has 0 bridgehead atoms. The lowest BCUT2D eigenvalue weighted by Gasteiger charge is -2.39. The second kappa shape index (κ2) is 11.5. The molecular weight excluding hydrogens is 488 g/mol. The standard InChI is InChI=1S/C29H32N2O5S/c1-18-12-19(2)14-22(13-18)30-29(37)31-11-10-21-15-26(33-3)27(34-4)16-24(21)25(31)17-36-23-8-6-20(7-9-23)28(32)35-5/h6-9,12-16,25H,10-11,17H2,1-5H3,(H,30,37). The molecule has 4 rings (SSSR count). The fourth-order valence-electron chi connectivity index (χ4n) is 4.67. The highest BCUT2D eigenvalue weighted by atomic mass is 32.1. The van der Waals surface area contributed by atoms with Crippen LogP contribution in [0.3, 0.4) is 0 Å². The number of nitrogens with zero attached hydrogens (tertiary/aromatic N) is 1. The van der Waals surface area contributed by atoms with Crippen molar-refractivity contribution < 1.29 is 23.7 Å². The number of ether oxygens (including phenoxy) is 4. The molecule has 37 heavy (non-hydrogen) atoms. The predicted molar refractivity (Wildman–Crippen MR) is 148 cm³/mol. The van der Waals surface area contributed by atoms with Gasteiger partial charge in [-0.25, -0.2) is 4.79 Å². The first-order valence-corrected chi connectivity index (χ1v) is 12.5. The number of hydrogen-bond acceptors (Lipinski definition) is 6. The van der Waals surface area contributed by atoms with E-state index in [0.717, 1.165) is 23.2 Å². The van der Waals surface area contributed by atoms with Gasteiger partial charge in [-0.1, -0.05) is 6.07 Å². The number of carbonyl (C=O) groups excluding carboxylic acids is 1. The molecule has 1 aliphatic heterocycles. The molecule has 1 heterocycles. The molecular formula is C29H32N2O5S. The van der Waals surface area contributed by atoms with E-state index in [2.05, 4.69) is 42.3 Å². The molecule has 1 aliphatic rings. The van der Waals surface area contributed by atoms with Gasteiger partial charge in [-0.3, -0.25) is 0 Å². The Morgan fingerprint density at radius 3 is 2.24 bits per heavy atom.